The molecule has 1 aliphatic rings. The molecule has 2 aromatic heterocycles. The first-order valence-electron chi connectivity index (χ1n) is 10.0. The van der Waals surface area contributed by atoms with Crippen LogP contribution in [0.25, 0.3) is 11.0 Å². The van der Waals surface area contributed by atoms with Crippen LogP contribution in [0.3, 0.4) is 0 Å². The molecule has 5 rings (SSSR count). The molecule has 0 N–H and O–H groups in total. The second kappa shape index (κ2) is 7.72. The van der Waals surface area contributed by atoms with Gasteiger partial charge in [0, 0.05) is 0 Å². The molecule has 160 valence electrons. The standard InChI is InChI=1S/C24H19N3O4S/c1-4-11-30-16-8-6-15(7-9-16)20-19-21(28)17-12-13(2)5-10-18(17)31-22(19)23(29)27(20)24-26-25-14(3)32-24/h4-10,12,20H,1,11H2,2-3H3/t20-/m0/s1. The topological polar surface area (TPSA) is 85.5 Å². The Labute approximate surface area is 187 Å². The lowest BCUT2D eigenvalue weighted by molar-refractivity contribution is 0.0970. The van der Waals surface area contributed by atoms with Crippen molar-refractivity contribution in [2.24, 2.45) is 0 Å². The highest BCUT2D eigenvalue weighted by molar-refractivity contribution is 7.15. The summed E-state index contributed by atoms with van der Waals surface area (Å²) in [6, 6.07) is 12.0. The SMILES string of the molecule is C=CCOc1ccc([C@H]2c3c(oc4ccc(C)cc4c3=O)C(=O)N2c2nnc(C)s2)cc1. The van der Waals surface area contributed by atoms with Crippen molar-refractivity contribution in [3.8, 4) is 5.75 Å². The minimum atomic E-state index is -0.681. The maximum atomic E-state index is 13.6. The Kier molecular flexibility index (Phi) is 4.86. The van der Waals surface area contributed by atoms with Gasteiger partial charge in [-0.2, -0.15) is 0 Å². The van der Waals surface area contributed by atoms with E-state index in [1.165, 1.54) is 16.2 Å². The minimum Gasteiger partial charge on any atom is -0.490 e. The van der Waals surface area contributed by atoms with Gasteiger partial charge in [-0.3, -0.25) is 14.5 Å². The number of aromatic nitrogens is 2. The Morgan fingerprint density at radius 1 is 1.16 bits per heavy atom. The van der Waals surface area contributed by atoms with Crippen molar-refractivity contribution in [3.05, 3.63) is 92.8 Å². The van der Waals surface area contributed by atoms with Crippen LogP contribution in [0.2, 0.25) is 0 Å². The number of nitrogens with zero attached hydrogens (tertiary/aromatic N) is 3. The molecule has 0 radical (unpaired) electrons. The van der Waals surface area contributed by atoms with Crippen molar-refractivity contribution >= 4 is 33.3 Å². The van der Waals surface area contributed by atoms with Gasteiger partial charge in [-0.25, -0.2) is 0 Å². The lowest BCUT2D eigenvalue weighted by atomic mass is 9.98. The van der Waals surface area contributed by atoms with E-state index in [1.807, 2.05) is 32.0 Å². The summed E-state index contributed by atoms with van der Waals surface area (Å²) in [5, 5.41) is 9.81. The number of carbonyl (C=O) groups excluding carboxylic acids is 1. The largest absolute Gasteiger partial charge is 0.490 e. The quantitative estimate of drug-likeness (QED) is 0.418. The molecule has 1 atom stereocenters. The molecular weight excluding hydrogens is 426 g/mol. The number of benzene rings is 2. The van der Waals surface area contributed by atoms with E-state index in [-0.39, 0.29) is 11.2 Å². The van der Waals surface area contributed by atoms with E-state index in [2.05, 4.69) is 16.8 Å². The molecule has 0 fully saturated rings. The molecule has 1 aliphatic heterocycles. The van der Waals surface area contributed by atoms with Gasteiger partial charge in [0.15, 0.2) is 5.43 Å². The highest BCUT2D eigenvalue weighted by atomic mass is 32.1. The van der Waals surface area contributed by atoms with Crippen LogP contribution in [0.5, 0.6) is 5.75 Å². The number of hydrogen-bond donors (Lipinski definition) is 0. The van der Waals surface area contributed by atoms with Crippen LogP contribution in [0.15, 0.2) is 64.3 Å². The van der Waals surface area contributed by atoms with Crippen molar-refractivity contribution in [1.82, 2.24) is 10.2 Å². The first-order chi connectivity index (χ1) is 15.5. The smallest absolute Gasteiger partial charge is 0.297 e. The van der Waals surface area contributed by atoms with Crippen molar-refractivity contribution in [3.63, 3.8) is 0 Å². The van der Waals surface area contributed by atoms with Crippen LogP contribution in [0.4, 0.5) is 5.13 Å². The van der Waals surface area contributed by atoms with Gasteiger partial charge in [-0.15, -0.1) is 10.2 Å². The maximum absolute atomic E-state index is 13.6. The molecule has 4 aromatic rings. The summed E-state index contributed by atoms with van der Waals surface area (Å²) in [6.07, 6.45) is 1.66. The summed E-state index contributed by atoms with van der Waals surface area (Å²) in [5.41, 5.74) is 2.15. The normalized spacial score (nSPS) is 15.2. The summed E-state index contributed by atoms with van der Waals surface area (Å²) in [6.45, 7) is 7.76. The van der Waals surface area contributed by atoms with Gasteiger partial charge in [0.1, 0.15) is 22.9 Å². The maximum Gasteiger partial charge on any atom is 0.297 e. The number of amides is 1. The van der Waals surface area contributed by atoms with Gasteiger partial charge >= 0.3 is 0 Å². The third-order valence-corrected chi connectivity index (χ3v) is 6.15. The van der Waals surface area contributed by atoms with Crippen molar-refractivity contribution < 1.29 is 13.9 Å². The van der Waals surface area contributed by atoms with Gasteiger partial charge < -0.3 is 9.15 Å². The second-order valence-electron chi connectivity index (χ2n) is 7.52. The van der Waals surface area contributed by atoms with Crippen LogP contribution < -0.4 is 15.1 Å². The number of aryl methyl sites for hydroxylation is 2. The zero-order chi connectivity index (χ0) is 22.4. The Hall–Kier alpha value is -3.78. The van der Waals surface area contributed by atoms with Crippen LogP contribution in [0.1, 0.15) is 38.3 Å². The molecule has 32 heavy (non-hydrogen) atoms. The van der Waals surface area contributed by atoms with E-state index in [9.17, 15) is 9.59 Å². The Balaban J connectivity index is 1.72. The van der Waals surface area contributed by atoms with Gasteiger partial charge in [0.2, 0.25) is 10.9 Å². The number of fused-ring (bicyclic) bond motifs is 2. The third-order valence-electron chi connectivity index (χ3n) is 5.31. The minimum absolute atomic E-state index is 0.0381. The van der Waals surface area contributed by atoms with Crippen LogP contribution in [0, 0.1) is 13.8 Å². The number of rotatable bonds is 5. The first kappa shape index (κ1) is 20.1. The molecule has 2 aromatic carbocycles. The lowest BCUT2D eigenvalue weighted by Gasteiger charge is -2.22. The third kappa shape index (κ3) is 3.20. The summed E-state index contributed by atoms with van der Waals surface area (Å²) >= 11 is 1.29. The molecule has 0 unspecified atom stereocenters. The summed E-state index contributed by atoms with van der Waals surface area (Å²) in [7, 11) is 0. The molecule has 1 amide bonds. The predicted molar refractivity (Wildman–Crippen MR) is 123 cm³/mol. The Bertz CT molecular complexity index is 1420. The summed E-state index contributed by atoms with van der Waals surface area (Å²) in [4.78, 5) is 28.5. The number of carbonyl (C=O) groups is 1. The fourth-order valence-electron chi connectivity index (χ4n) is 3.88. The number of anilines is 1. The second-order valence-corrected chi connectivity index (χ2v) is 8.68. The molecule has 0 spiro atoms. The summed E-state index contributed by atoms with van der Waals surface area (Å²) < 4.78 is 11.5. The van der Waals surface area contributed by atoms with Gasteiger partial charge in [0.05, 0.1) is 17.0 Å². The zero-order valence-corrected chi connectivity index (χ0v) is 18.3. The molecule has 0 saturated carbocycles. The van der Waals surface area contributed by atoms with E-state index in [0.29, 0.717) is 34.0 Å². The van der Waals surface area contributed by atoms with E-state index in [0.717, 1.165) is 16.1 Å². The fourth-order valence-corrected chi connectivity index (χ4v) is 4.60. The predicted octanol–water partition coefficient (Wildman–Crippen LogP) is 4.58. The van der Waals surface area contributed by atoms with Crippen molar-refractivity contribution in [2.45, 2.75) is 19.9 Å². The van der Waals surface area contributed by atoms with Crippen molar-refractivity contribution in [2.75, 3.05) is 11.5 Å². The van der Waals surface area contributed by atoms with Crippen molar-refractivity contribution in [1.29, 1.82) is 0 Å². The number of hydrogen-bond acceptors (Lipinski definition) is 7. The van der Waals surface area contributed by atoms with E-state index < -0.39 is 11.9 Å². The van der Waals surface area contributed by atoms with Gasteiger partial charge in [-0.05, 0) is 43.7 Å². The molecule has 0 saturated heterocycles. The van der Waals surface area contributed by atoms with Crippen LogP contribution >= 0.6 is 11.3 Å². The molecule has 8 heteroatoms. The molecule has 0 bridgehead atoms. The fraction of sp³-hybridized carbons (Fsp3) is 0.167. The lowest BCUT2D eigenvalue weighted by Crippen LogP contribution is -2.29. The molecular formula is C24H19N3O4S. The monoisotopic (exact) mass is 445 g/mol. The summed E-state index contributed by atoms with van der Waals surface area (Å²) in [5.74, 6) is 0.293. The van der Waals surface area contributed by atoms with Gasteiger partial charge in [0.25, 0.3) is 5.91 Å². The average Bonchev–Trinajstić information content (AvgIpc) is 3.34. The highest BCUT2D eigenvalue weighted by Crippen LogP contribution is 2.42. The van der Waals surface area contributed by atoms with Gasteiger partial charge in [-0.1, -0.05) is 47.8 Å². The first-order valence-corrected chi connectivity index (χ1v) is 10.8. The molecule has 0 aliphatic carbocycles. The van der Waals surface area contributed by atoms with E-state index in [1.54, 1.807) is 30.3 Å². The zero-order valence-electron chi connectivity index (χ0n) is 17.5. The highest BCUT2D eigenvalue weighted by Gasteiger charge is 2.45. The van der Waals surface area contributed by atoms with Crippen LogP contribution in [-0.2, 0) is 0 Å². The Morgan fingerprint density at radius 2 is 1.94 bits per heavy atom. The number of ether oxygens (including phenoxy) is 1. The van der Waals surface area contributed by atoms with E-state index in [4.69, 9.17) is 9.15 Å². The van der Waals surface area contributed by atoms with E-state index >= 15 is 0 Å². The Morgan fingerprint density at radius 3 is 2.62 bits per heavy atom. The molecule has 3 heterocycles. The van der Waals surface area contributed by atoms with Crippen LogP contribution in [-0.4, -0.2) is 22.7 Å². The average molecular weight is 446 g/mol. The molecule has 7 nitrogen and oxygen atoms in total.